The number of tetrazole rings is 1. The Morgan fingerprint density at radius 3 is 2.90 bits per heavy atom. The molecule has 1 saturated heterocycles. The van der Waals surface area contributed by atoms with E-state index in [0.717, 1.165) is 44.3 Å². The van der Waals surface area contributed by atoms with Gasteiger partial charge in [0.05, 0.1) is 23.1 Å². The van der Waals surface area contributed by atoms with Gasteiger partial charge in [-0.2, -0.15) is 4.80 Å². The van der Waals surface area contributed by atoms with Crippen LogP contribution in [0.15, 0.2) is 24.4 Å². The molecule has 0 atom stereocenters. The number of carbonyl (C=O) groups is 2. The zero-order valence-corrected chi connectivity index (χ0v) is 19.2. The fourth-order valence-electron chi connectivity index (χ4n) is 3.94. The molecule has 12 heteroatoms. The van der Waals surface area contributed by atoms with E-state index in [4.69, 9.17) is 9.84 Å². The Balaban J connectivity index is 1.28. The van der Waals surface area contributed by atoms with Crippen LogP contribution in [0.25, 0.3) is 10.7 Å². The van der Waals surface area contributed by atoms with Crippen molar-refractivity contribution in [3.05, 3.63) is 33.5 Å². The number of carboxylic acid groups (broad SMARTS) is 1. The lowest BCUT2D eigenvalue weighted by Crippen LogP contribution is -2.51. The number of piperidine rings is 1. The van der Waals surface area contributed by atoms with E-state index in [2.05, 4.69) is 47.9 Å². The number of hydrogen-bond donors (Lipinski definition) is 1. The van der Waals surface area contributed by atoms with Crippen molar-refractivity contribution in [1.82, 2.24) is 25.2 Å². The third-order valence-corrected chi connectivity index (χ3v) is 7.41. The van der Waals surface area contributed by atoms with Crippen molar-refractivity contribution < 1.29 is 19.4 Å². The zero-order chi connectivity index (χ0) is 21.6. The molecule has 0 saturated carbocycles. The fraction of sp³-hybridized carbons (Fsp3) is 0.368. The summed E-state index contributed by atoms with van der Waals surface area (Å²) in [6.07, 6.45) is 3.52. The Kier molecular flexibility index (Phi) is 5.12. The first-order valence-electron chi connectivity index (χ1n) is 9.64. The lowest BCUT2D eigenvalue weighted by Gasteiger charge is -2.44. The fourth-order valence-corrected chi connectivity index (χ4v) is 5.61. The quantitative estimate of drug-likeness (QED) is 0.487. The normalized spacial score (nSPS) is 17.5. The molecule has 4 heterocycles. The number of fused-ring (bicyclic) bond motifs is 1. The van der Waals surface area contributed by atoms with Crippen LogP contribution >= 0.6 is 33.9 Å². The van der Waals surface area contributed by atoms with Gasteiger partial charge in [-0.05, 0) is 39.9 Å². The number of aliphatic carboxylic acids is 1. The highest BCUT2D eigenvalue weighted by Crippen LogP contribution is 2.42. The third-order valence-electron chi connectivity index (χ3n) is 5.45. The van der Waals surface area contributed by atoms with Crippen LogP contribution in [0.2, 0.25) is 0 Å². The zero-order valence-electron chi connectivity index (χ0n) is 16.2. The van der Waals surface area contributed by atoms with Gasteiger partial charge in [-0.15, -0.1) is 10.2 Å². The molecule has 1 spiro atoms. The smallest absolute Gasteiger partial charge is 0.327 e. The molecule has 2 aliphatic rings. The van der Waals surface area contributed by atoms with Gasteiger partial charge >= 0.3 is 5.97 Å². The van der Waals surface area contributed by atoms with Crippen LogP contribution in [0.3, 0.4) is 0 Å². The largest absolute Gasteiger partial charge is 0.486 e. The summed E-state index contributed by atoms with van der Waals surface area (Å²) >= 11 is 3.61. The summed E-state index contributed by atoms with van der Waals surface area (Å²) in [5, 5.41) is 21.4. The number of rotatable bonds is 4. The molecule has 0 bridgehead atoms. The first-order chi connectivity index (χ1) is 14.9. The minimum absolute atomic E-state index is 0.145. The molecular weight excluding hydrogens is 535 g/mol. The van der Waals surface area contributed by atoms with E-state index in [1.54, 1.807) is 6.20 Å². The molecular formula is C19H17IN6O4S. The molecule has 0 amide bonds. The Morgan fingerprint density at radius 2 is 2.13 bits per heavy atom. The van der Waals surface area contributed by atoms with E-state index >= 15 is 0 Å². The highest BCUT2D eigenvalue weighted by molar-refractivity contribution is 14.1. The highest BCUT2D eigenvalue weighted by atomic mass is 127. The molecule has 5 rings (SSSR count). The monoisotopic (exact) mass is 552 g/mol. The number of anilines is 1. The summed E-state index contributed by atoms with van der Waals surface area (Å²) in [6, 6.07) is 5.72. The topological polar surface area (TPSA) is 123 Å². The Morgan fingerprint density at radius 1 is 1.32 bits per heavy atom. The SMILES string of the molecule is O=C(O)Cn1nnc(-c2cnc(N3CCC4(CC3)CC(=O)c3c(I)cccc3O4)s2)n1. The maximum absolute atomic E-state index is 12.8. The van der Waals surface area contributed by atoms with Crippen LogP contribution in [-0.2, 0) is 11.3 Å². The summed E-state index contributed by atoms with van der Waals surface area (Å²) in [4.78, 5) is 32.0. The molecule has 1 N–H and O–H groups in total. The number of carboxylic acids is 1. The van der Waals surface area contributed by atoms with Gasteiger partial charge in [0.2, 0.25) is 5.82 Å². The summed E-state index contributed by atoms with van der Waals surface area (Å²) in [5.41, 5.74) is 0.232. The maximum Gasteiger partial charge on any atom is 0.327 e. The van der Waals surface area contributed by atoms with Crippen LogP contribution in [0, 0.1) is 3.57 Å². The van der Waals surface area contributed by atoms with Crippen LogP contribution < -0.4 is 9.64 Å². The summed E-state index contributed by atoms with van der Waals surface area (Å²) in [6.45, 7) is 1.10. The van der Waals surface area contributed by atoms with Crippen LogP contribution in [0.5, 0.6) is 5.75 Å². The van der Waals surface area contributed by atoms with E-state index in [0.29, 0.717) is 23.6 Å². The number of ketones is 1. The van der Waals surface area contributed by atoms with E-state index in [-0.39, 0.29) is 12.3 Å². The second kappa shape index (κ2) is 7.82. The van der Waals surface area contributed by atoms with Gasteiger partial charge in [0.1, 0.15) is 11.4 Å². The first kappa shape index (κ1) is 20.3. The van der Waals surface area contributed by atoms with Crippen molar-refractivity contribution in [1.29, 1.82) is 0 Å². The highest BCUT2D eigenvalue weighted by Gasteiger charge is 2.43. The van der Waals surface area contributed by atoms with Crippen molar-refractivity contribution in [2.45, 2.75) is 31.4 Å². The van der Waals surface area contributed by atoms with Gasteiger partial charge in [-0.3, -0.25) is 9.59 Å². The van der Waals surface area contributed by atoms with Crippen molar-refractivity contribution in [2.24, 2.45) is 0 Å². The van der Waals surface area contributed by atoms with E-state index in [1.165, 1.54) is 11.3 Å². The number of benzene rings is 1. The van der Waals surface area contributed by atoms with Gasteiger partial charge in [0, 0.05) is 29.5 Å². The van der Waals surface area contributed by atoms with Crippen molar-refractivity contribution in [2.75, 3.05) is 18.0 Å². The van der Waals surface area contributed by atoms with Crippen LogP contribution in [0.1, 0.15) is 29.6 Å². The standard InChI is InChI=1S/C19H17IN6O4S/c20-11-2-1-3-13-16(11)12(27)8-19(30-13)4-6-25(7-5-19)18-21-9-14(31-18)17-22-24-26(23-17)10-15(28)29/h1-3,9H,4-8,10H2,(H,28,29). The summed E-state index contributed by atoms with van der Waals surface area (Å²) < 4.78 is 7.28. The van der Waals surface area contributed by atoms with Crippen molar-refractivity contribution >= 4 is 50.8 Å². The number of ether oxygens (including phenoxy) is 1. The molecule has 0 unspecified atom stereocenters. The molecule has 0 aliphatic carbocycles. The molecule has 10 nitrogen and oxygen atoms in total. The van der Waals surface area contributed by atoms with Crippen molar-refractivity contribution in [3.8, 4) is 16.5 Å². The number of halogens is 1. The molecule has 2 aromatic heterocycles. The van der Waals surface area contributed by atoms with Gasteiger partial charge in [0.15, 0.2) is 17.5 Å². The average molecular weight is 552 g/mol. The molecule has 1 fully saturated rings. The average Bonchev–Trinajstić information content (AvgIpc) is 3.37. The van der Waals surface area contributed by atoms with Crippen molar-refractivity contribution in [3.63, 3.8) is 0 Å². The molecule has 1 aromatic carbocycles. The van der Waals surface area contributed by atoms with Crippen LogP contribution in [-0.4, -0.2) is 60.7 Å². The molecule has 3 aromatic rings. The lowest BCUT2D eigenvalue weighted by molar-refractivity contribution is -0.138. The predicted octanol–water partition coefficient (Wildman–Crippen LogP) is 2.49. The Bertz CT molecular complexity index is 1170. The number of nitrogens with zero attached hydrogens (tertiary/aromatic N) is 6. The minimum Gasteiger partial charge on any atom is -0.486 e. The van der Waals surface area contributed by atoms with E-state index < -0.39 is 11.6 Å². The third kappa shape index (κ3) is 3.89. The Labute approximate surface area is 194 Å². The Hall–Kier alpha value is -2.61. The van der Waals surface area contributed by atoms with Gasteiger partial charge in [-0.1, -0.05) is 17.4 Å². The molecule has 31 heavy (non-hydrogen) atoms. The predicted molar refractivity (Wildman–Crippen MR) is 119 cm³/mol. The molecule has 2 aliphatic heterocycles. The van der Waals surface area contributed by atoms with Gasteiger partial charge in [0.25, 0.3) is 0 Å². The number of carbonyl (C=O) groups excluding carboxylic acids is 1. The summed E-state index contributed by atoms with van der Waals surface area (Å²) in [5.74, 6) is 0.151. The van der Waals surface area contributed by atoms with E-state index in [9.17, 15) is 9.59 Å². The minimum atomic E-state index is -1.03. The maximum atomic E-state index is 12.8. The number of aromatic nitrogens is 5. The van der Waals surface area contributed by atoms with Gasteiger partial charge in [-0.25, -0.2) is 4.98 Å². The van der Waals surface area contributed by atoms with Gasteiger partial charge < -0.3 is 14.7 Å². The number of Topliss-reactive ketones (excluding diaryl/α,β-unsaturated/α-hetero) is 1. The molecule has 0 radical (unpaired) electrons. The molecule has 160 valence electrons. The lowest BCUT2D eigenvalue weighted by atomic mass is 9.82. The second-order valence-electron chi connectivity index (χ2n) is 7.53. The number of hydrogen-bond acceptors (Lipinski definition) is 9. The summed E-state index contributed by atoms with van der Waals surface area (Å²) in [7, 11) is 0. The first-order valence-corrected chi connectivity index (χ1v) is 11.5. The van der Waals surface area contributed by atoms with E-state index in [1.807, 2.05) is 18.2 Å². The van der Waals surface area contributed by atoms with Crippen LogP contribution in [0.4, 0.5) is 5.13 Å². The number of thiazole rings is 1. The second-order valence-corrected chi connectivity index (χ2v) is 9.70.